The number of phenols is 1. The van der Waals surface area contributed by atoms with E-state index in [1.165, 1.54) is 0 Å². The molecule has 1 aliphatic heterocycles. The number of aromatic nitrogens is 3. The van der Waals surface area contributed by atoms with Gasteiger partial charge in [-0.15, -0.1) is 0 Å². The minimum Gasteiger partial charge on any atom is -0.507 e. The summed E-state index contributed by atoms with van der Waals surface area (Å²) in [6, 6.07) is 11.9. The molecule has 0 bridgehead atoms. The number of fused-ring (bicyclic) bond motifs is 3. The average molecular weight is 480 g/mol. The number of hydrogen-bond donors (Lipinski definition) is 3. The van der Waals surface area contributed by atoms with E-state index in [1.54, 1.807) is 11.8 Å². The van der Waals surface area contributed by atoms with Gasteiger partial charge >= 0.3 is 11.3 Å². The summed E-state index contributed by atoms with van der Waals surface area (Å²) < 4.78 is 1.81. The lowest BCUT2D eigenvalue weighted by Gasteiger charge is -2.30. The Balaban J connectivity index is 2.00. The zero-order valence-corrected chi connectivity index (χ0v) is 21.9. The lowest BCUT2D eigenvalue weighted by atomic mass is 9.78. The number of aromatic amines is 1. The average Bonchev–Trinajstić information content (AvgIpc) is 2.75. The molecule has 3 aromatic rings. The van der Waals surface area contributed by atoms with Gasteiger partial charge in [-0.25, -0.2) is 0 Å². The fraction of sp³-hybridized carbons (Fsp3) is 0.444. The van der Waals surface area contributed by atoms with Crippen molar-refractivity contribution in [2.75, 3.05) is 11.1 Å². The predicted molar refractivity (Wildman–Crippen MR) is 139 cm³/mol. The summed E-state index contributed by atoms with van der Waals surface area (Å²) in [6.45, 7) is 14.7. The molecule has 0 saturated heterocycles. The highest BCUT2D eigenvalue weighted by molar-refractivity contribution is 7.99. The summed E-state index contributed by atoms with van der Waals surface area (Å²) in [5, 5.41) is 20.3. The Hall–Kier alpha value is -2.80. The summed E-state index contributed by atoms with van der Waals surface area (Å²) in [5.41, 5.74) is 4.28. The van der Waals surface area contributed by atoms with E-state index < -0.39 is 6.17 Å². The van der Waals surface area contributed by atoms with Crippen LogP contribution in [0.1, 0.15) is 77.7 Å². The Bertz CT molecular complexity index is 1250. The highest BCUT2D eigenvalue weighted by Gasteiger charge is 2.39. The molecule has 2 aromatic carbocycles. The maximum Gasteiger partial charge on any atom is 0.325 e. The molecule has 0 amide bonds. The van der Waals surface area contributed by atoms with Crippen LogP contribution in [0.2, 0.25) is 0 Å². The van der Waals surface area contributed by atoms with E-state index in [2.05, 4.69) is 70.9 Å². The van der Waals surface area contributed by atoms with Gasteiger partial charge in [-0.05, 0) is 46.2 Å². The topological polar surface area (TPSA) is 81.9 Å². The molecular weight excluding hydrogens is 444 g/mol. The fourth-order valence-corrected chi connectivity index (χ4v) is 5.04. The van der Waals surface area contributed by atoms with Gasteiger partial charge in [-0.2, -0.15) is 0 Å². The fourth-order valence-electron chi connectivity index (χ4n) is 4.34. The second-order valence-corrected chi connectivity index (χ2v) is 12.0. The molecule has 0 unspecified atom stereocenters. The van der Waals surface area contributed by atoms with Crippen LogP contribution in [0.15, 0.2) is 46.3 Å². The number of anilines is 1. The lowest BCUT2D eigenvalue weighted by Crippen LogP contribution is -2.55. The first-order valence-electron chi connectivity index (χ1n) is 11.8. The summed E-state index contributed by atoms with van der Waals surface area (Å²) in [6.07, 6.45) is 0.596. The molecule has 4 rings (SSSR count). The van der Waals surface area contributed by atoms with Crippen molar-refractivity contribution in [1.82, 2.24) is 10.1 Å². The summed E-state index contributed by atoms with van der Waals surface area (Å²) in [4.78, 5) is 16.3. The molecule has 0 spiro atoms. The predicted octanol–water partition coefficient (Wildman–Crippen LogP) is 5.50. The Morgan fingerprint density at radius 1 is 1.06 bits per heavy atom. The van der Waals surface area contributed by atoms with E-state index in [0.717, 1.165) is 40.1 Å². The van der Waals surface area contributed by atoms with E-state index in [4.69, 9.17) is 5.10 Å². The van der Waals surface area contributed by atoms with Crippen molar-refractivity contribution < 1.29 is 9.79 Å². The minimum absolute atomic E-state index is 0.154. The third-order valence-electron chi connectivity index (χ3n) is 6.09. The number of hydrogen-bond acceptors (Lipinski definition) is 5. The molecule has 1 aliphatic rings. The third kappa shape index (κ3) is 4.45. The van der Waals surface area contributed by atoms with Crippen LogP contribution in [-0.4, -0.2) is 20.9 Å². The summed E-state index contributed by atoms with van der Waals surface area (Å²) in [5.74, 6) is 1.21. The van der Waals surface area contributed by atoms with Gasteiger partial charge in [0.15, 0.2) is 0 Å². The van der Waals surface area contributed by atoms with Crippen LogP contribution in [0, 0.1) is 0 Å². The molecule has 34 heavy (non-hydrogen) atoms. The van der Waals surface area contributed by atoms with Crippen LogP contribution in [-0.2, 0) is 10.8 Å². The zero-order chi connectivity index (χ0) is 24.8. The minimum atomic E-state index is -0.393. The van der Waals surface area contributed by atoms with Crippen LogP contribution < -0.4 is 15.6 Å². The first-order chi connectivity index (χ1) is 15.9. The van der Waals surface area contributed by atoms with E-state index in [9.17, 15) is 9.90 Å². The molecule has 1 atom stereocenters. The smallest absolute Gasteiger partial charge is 0.325 e. The van der Waals surface area contributed by atoms with Crippen LogP contribution in [0.25, 0.3) is 11.3 Å². The second kappa shape index (κ2) is 8.77. The van der Waals surface area contributed by atoms with Gasteiger partial charge in [0.05, 0.1) is 11.3 Å². The number of aromatic hydroxyl groups is 1. The normalized spacial score (nSPS) is 15.4. The quantitative estimate of drug-likeness (QED) is 0.340. The largest absolute Gasteiger partial charge is 0.507 e. The van der Waals surface area contributed by atoms with Gasteiger partial charge < -0.3 is 10.4 Å². The van der Waals surface area contributed by atoms with Crippen molar-refractivity contribution in [3.8, 4) is 17.0 Å². The second-order valence-electron chi connectivity index (χ2n) is 11.0. The Morgan fingerprint density at radius 2 is 1.68 bits per heavy atom. The number of nitrogens with one attached hydrogen (secondary N) is 2. The lowest BCUT2D eigenvalue weighted by molar-refractivity contribution is -0.759. The Kier molecular flexibility index (Phi) is 6.27. The van der Waals surface area contributed by atoms with Crippen molar-refractivity contribution in [3.63, 3.8) is 0 Å². The van der Waals surface area contributed by atoms with Gasteiger partial charge in [0.1, 0.15) is 5.75 Å². The molecule has 0 fully saturated rings. The molecular formula is C27H35N4O2S+. The molecule has 1 aromatic heterocycles. The number of nitrogens with zero attached hydrogens (tertiary/aromatic N) is 2. The van der Waals surface area contributed by atoms with Crippen molar-refractivity contribution in [2.45, 2.75) is 77.0 Å². The molecule has 0 radical (unpaired) electrons. The highest BCUT2D eigenvalue weighted by Crippen LogP contribution is 2.42. The van der Waals surface area contributed by atoms with Gasteiger partial charge in [-0.3, -0.25) is 9.78 Å². The van der Waals surface area contributed by atoms with E-state index in [1.807, 2.05) is 28.9 Å². The number of phenolic OH excluding ortho intramolecular Hbond substituents is 1. The molecule has 0 aliphatic carbocycles. The number of H-pyrrole nitrogens is 1. The van der Waals surface area contributed by atoms with E-state index in [-0.39, 0.29) is 16.4 Å². The van der Waals surface area contributed by atoms with E-state index >= 15 is 0 Å². The van der Waals surface area contributed by atoms with Gasteiger partial charge in [0.25, 0.3) is 6.17 Å². The maximum atomic E-state index is 13.3. The maximum absolute atomic E-state index is 13.3. The first kappa shape index (κ1) is 24.3. The van der Waals surface area contributed by atoms with Crippen molar-refractivity contribution >= 4 is 17.4 Å². The van der Waals surface area contributed by atoms with Gasteiger partial charge in [0, 0.05) is 27.5 Å². The van der Waals surface area contributed by atoms with E-state index in [0.29, 0.717) is 16.6 Å². The first-order valence-corrected chi connectivity index (χ1v) is 12.8. The summed E-state index contributed by atoms with van der Waals surface area (Å²) in [7, 11) is 0. The number of benzene rings is 2. The van der Waals surface area contributed by atoms with Crippen LogP contribution in [0.3, 0.4) is 0 Å². The Labute approximate surface area is 205 Å². The van der Waals surface area contributed by atoms with Gasteiger partial charge in [0.2, 0.25) is 5.16 Å². The molecule has 3 N–H and O–H groups in total. The standard InChI is InChI=1S/C27H34N4O2S/c1-8-13-34-25-29-24(33)21-17-11-9-10-12-20(17)28-23(31(21)30-25)16-14-18(26(2,3)4)22(32)19(15-16)27(5,6)7/h9-12,14-15,23H,8,13H2,1-7H3,(H2,29,30,32,33)/p+1/t23-/m1/s1. The van der Waals surface area contributed by atoms with Crippen LogP contribution >= 0.6 is 11.8 Å². The highest BCUT2D eigenvalue weighted by atomic mass is 32.2. The number of para-hydroxylation sites is 1. The van der Waals surface area contributed by atoms with Crippen LogP contribution in [0.5, 0.6) is 5.75 Å². The summed E-state index contributed by atoms with van der Waals surface area (Å²) >= 11 is 1.55. The molecule has 7 heteroatoms. The number of rotatable bonds is 4. The monoisotopic (exact) mass is 479 g/mol. The van der Waals surface area contributed by atoms with Crippen molar-refractivity contribution in [1.29, 1.82) is 0 Å². The van der Waals surface area contributed by atoms with Crippen LogP contribution in [0.4, 0.5) is 5.69 Å². The Morgan fingerprint density at radius 3 is 2.26 bits per heavy atom. The molecule has 6 nitrogen and oxygen atoms in total. The third-order valence-corrected chi connectivity index (χ3v) is 7.16. The molecule has 0 saturated carbocycles. The zero-order valence-electron chi connectivity index (χ0n) is 21.1. The van der Waals surface area contributed by atoms with Gasteiger partial charge in [-0.1, -0.05) is 72.4 Å². The number of thioether (sulfide) groups is 1. The molecule has 2 heterocycles. The van der Waals surface area contributed by atoms with Crippen molar-refractivity contribution in [2.24, 2.45) is 0 Å². The SMILES string of the molecule is CCCSc1n[n+]2c(c(=O)[nH]1)-c1ccccc1N[C@H]2c1cc(C(C)(C)C)c(O)c(C(C)(C)C)c1. The van der Waals surface area contributed by atoms with Crippen molar-refractivity contribution in [3.05, 3.63) is 63.4 Å². The molecule has 180 valence electrons.